The standard InChI is InChI=1S/C12H11F3O3/c13-12(14,15)8-17-9-18-11-5-3-10(4-6-11)2-1-7-16/h3-6,16H,7-9H2. The molecule has 0 aliphatic carbocycles. The van der Waals surface area contributed by atoms with Gasteiger partial charge in [-0.25, -0.2) is 0 Å². The summed E-state index contributed by atoms with van der Waals surface area (Å²) in [6, 6.07) is 6.36. The van der Waals surface area contributed by atoms with Gasteiger partial charge >= 0.3 is 6.18 Å². The molecular formula is C12H11F3O3. The molecule has 6 heteroatoms. The van der Waals surface area contributed by atoms with Gasteiger partial charge in [-0.2, -0.15) is 13.2 Å². The number of ether oxygens (including phenoxy) is 2. The Morgan fingerprint density at radius 1 is 1.17 bits per heavy atom. The lowest BCUT2D eigenvalue weighted by molar-refractivity contribution is -0.186. The van der Waals surface area contributed by atoms with Gasteiger partial charge in [-0.15, -0.1) is 0 Å². The molecule has 0 bridgehead atoms. The maximum absolute atomic E-state index is 11.7. The molecule has 1 rings (SSSR count). The van der Waals surface area contributed by atoms with Crippen LogP contribution in [0, 0.1) is 11.8 Å². The fraction of sp³-hybridized carbons (Fsp3) is 0.333. The molecular weight excluding hydrogens is 249 g/mol. The molecule has 0 aliphatic heterocycles. The third-order valence-electron chi connectivity index (χ3n) is 1.74. The highest BCUT2D eigenvalue weighted by Gasteiger charge is 2.27. The zero-order valence-corrected chi connectivity index (χ0v) is 9.33. The Morgan fingerprint density at radius 2 is 1.83 bits per heavy atom. The third-order valence-corrected chi connectivity index (χ3v) is 1.74. The lowest BCUT2D eigenvalue weighted by Gasteiger charge is -2.09. The minimum absolute atomic E-state index is 0.233. The molecule has 0 aromatic heterocycles. The second-order valence-electron chi connectivity index (χ2n) is 3.21. The minimum Gasteiger partial charge on any atom is -0.468 e. The Bertz CT molecular complexity index is 415. The average molecular weight is 260 g/mol. The molecule has 3 nitrogen and oxygen atoms in total. The zero-order valence-electron chi connectivity index (χ0n) is 9.33. The summed E-state index contributed by atoms with van der Waals surface area (Å²) < 4.78 is 44.4. The van der Waals surface area contributed by atoms with E-state index in [9.17, 15) is 13.2 Å². The number of halogens is 3. The maximum atomic E-state index is 11.7. The molecule has 0 spiro atoms. The third kappa shape index (κ3) is 6.13. The first-order chi connectivity index (χ1) is 8.51. The molecule has 0 saturated carbocycles. The highest BCUT2D eigenvalue weighted by Crippen LogP contribution is 2.15. The molecule has 0 amide bonds. The number of alkyl halides is 3. The highest BCUT2D eigenvalue weighted by atomic mass is 19.4. The summed E-state index contributed by atoms with van der Waals surface area (Å²) in [7, 11) is 0. The minimum atomic E-state index is -4.35. The molecule has 0 unspecified atom stereocenters. The van der Waals surface area contributed by atoms with Crippen LogP contribution in [0.4, 0.5) is 13.2 Å². The van der Waals surface area contributed by atoms with Gasteiger partial charge < -0.3 is 14.6 Å². The quantitative estimate of drug-likeness (QED) is 0.511. The van der Waals surface area contributed by atoms with Crippen LogP contribution in [0.3, 0.4) is 0 Å². The van der Waals surface area contributed by atoms with Crippen molar-refractivity contribution in [3.63, 3.8) is 0 Å². The van der Waals surface area contributed by atoms with E-state index in [4.69, 9.17) is 9.84 Å². The Balaban J connectivity index is 2.35. The van der Waals surface area contributed by atoms with Crippen LogP contribution in [-0.2, 0) is 4.74 Å². The van der Waals surface area contributed by atoms with Crippen molar-refractivity contribution in [3.05, 3.63) is 29.8 Å². The van der Waals surface area contributed by atoms with Crippen molar-refractivity contribution in [1.29, 1.82) is 0 Å². The van der Waals surface area contributed by atoms with Crippen molar-refractivity contribution >= 4 is 0 Å². The van der Waals surface area contributed by atoms with E-state index in [0.29, 0.717) is 11.3 Å². The Kier molecular flexibility index (Phi) is 5.49. The van der Waals surface area contributed by atoms with E-state index in [1.807, 2.05) is 0 Å². The summed E-state index contributed by atoms with van der Waals surface area (Å²) in [4.78, 5) is 0. The van der Waals surface area contributed by atoms with E-state index >= 15 is 0 Å². The van der Waals surface area contributed by atoms with Crippen LogP contribution in [0.1, 0.15) is 5.56 Å². The van der Waals surface area contributed by atoms with Gasteiger partial charge in [0.1, 0.15) is 19.0 Å². The van der Waals surface area contributed by atoms with Crippen molar-refractivity contribution in [1.82, 2.24) is 0 Å². The van der Waals surface area contributed by atoms with E-state index in [-0.39, 0.29) is 6.61 Å². The molecule has 1 N–H and O–H groups in total. The van der Waals surface area contributed by atoms with Gasteiger partial charge in [-0.1, -0.05) is 11.8 Å². The summed E-state index contributed by atoms with van der Waals surface area (Å²) in [6.45, 7) is -2.04. The number of aliphatic hydroxyl groups excluding tert-OH is 1. The van der Waals surface area contributed by atoms with Crippen LogP contribution in [0.15, 0.2) is 24.3 Å². The summed E-state index contributed by atoms with van der Waals surface area (Å²) >= 11 is 0. The Morgan fingerprint density at radius 3 is 2.39 bits per heavy atom. The van der Waals surface area contributed by atoms with Crippen molar-refractivity contribution in [2.45, 2.75) is 6.18 Å². The van der Waals surface area contributed by atoms with Gasteiger partial charge in [0, 0.05) is 5.56 Å². The molecule has 0 saturated heterocycles. The van der Waals surface area contributed by atoms with Crippen molar-refractivity contribution in [2.75, 3.05) is 20.0 Å². The largest absolute Gasteiger partial charge is 0.468 e. The van der Waals surface area contributed by atoms with E-state index in [1.54, 1.807) is 24.3 Å². The van der Waals surface area contributed by atoms with Gasteiger partial charge in [-0.3, -0.25) is 0 Å². The van der Waals surface area contributed by atoms with Crippen LogP contribution in [0.5, 0.6) is 5.75 Å². The molecule has 0 radical (unpaired) electrons. The monoisotopic (exact) mass is 260 g/mol. The smallest absolute Gasteiger partial charge is 0.411 e. The van der Waals surface area contributed by atoms with Crippen molar-refractivity contribution in [2.24, 2.45) is 0 Å². The van der Waals surface area contributed by atoms with Gasteiger partial charge in [-0.05, 0) is 24.3 Å². The molecule has 98 valence electrons. The number of rotatable bonds is 4. The van der Waals surface area contributed by atoms with Crippen molar-refractivity contribution < 1.29 is 27.8 Å². The lowest BCUT2D eigenvalue weighted by Crippen LogP contribution is -2.19. The number of hydrogen-bond acceptors (Lipinski definition) is 3. The fourth-order valence-corrected chi connectivity index (χ4v) is 1.04. The molecule has 0 atom stereocenters. The zero-order chi connectivity index (χ0) is 13.4. The molecule has 0 heterocycles. The second kappa shape index (κ2) is 6.89. The van der Waals surface area contributed by atoms with Crippen LogP contribution in [-0.4, -0.2) is 31.3 Å². The summed E-state index contributed by atoms with van der Waals surface area (Å²) in [6.07, 6.45) is -4.35. The predicted molar refractivity (Wildman–Crippen MR) is 57.9 cm³/mol. The van der Waals surface area contributed by atoms with E-state index in [1.165, 1.54) is 0 Å². The molecule has 0 fully saturated rings. The molecule has 1 aromatic rings. The average Bonchev–Trinajstić information content (AvgIpc) is 2.32. The van der Waals surface area contributed by atoms with Crippen LogP contribution in [0.2, 0.25) is 0 Å². The Labute approximate surface area is 102 Å². The topological polar surface area (TPSA) is 38.7 Å². The molecule has 0 aliphatic rings. The summed E-state index contributed by atoms with van der Waals surface area (Å²) in [5.41, 5.74) is 0.674. The molecule has 1 aromatic carbocycles. The highest BCUT2D eigenvalue weighted by molar-refractivity contribution is 5.38. The van der Waals surface area contributed by atoms with E-state index in [2.05, 4.69) is 16.6 Å². The van der Waals surface area contributed by atoms with Gasteiger partial charge in [0.2, 0.25) is 0 Å². The lowest BCUT2D eigenvalue weighted by atomic mass is 10.2. The number of benzene rings is 1. The first kappa shape index (κ1) is 14.4. The van der Waals surface area contributed by atoms with Crippen LogP contribution >= 0.6 is 0 Å². The number of aliphatic hydroxyl groups is 1. The first-order valence-electron chi connectivity index (χ1n) is 4.98. The van der Waals surface area contributed by atoms with Gasteiger partial charge in [0.25, 0.3) is 0 Å². The van der Waals surface area contributed by atoms with E-state index < -0.39 is 19.6 Å². The van der Waals surface area contributed by atoms with Crippen LogP contribution in [0.25, 0.3) is 0 Å². The van der Waals surface area contributed by atoms with E-state index in [0.717, 1.165) is 0 Å². The second-order valence-corrected chi connectivity index (χ2v) is 3.21. The van der Waals surface area contributed by atoms with Crippen LogP contribution < -0.4 is 4.74 Å². The Hall–Kier alpha value is -1.71. The van der Waals surface area contributed by atoms with Crippen molar-refractivity contribution in [3.8, 4) is 17.6 Å². The SMILES string of the molecule is OCC#Cc1ccc(OCOCC(F)(F)F)cc1. The maximum Gasteiger partial charge on any atom is 0.411 e. The number of hydrogen-bond donors (Lipinski definition) is 1. The molecule has 18 heavy (non-hydrogen) atoms. The summed E-state index contributed by atoms with van der Waals surface area (Å²) in [5.74, 6) is 5.52. The predicted octanol–water partition coefficient (Wildman–Crippen LogP) is 1.95. The fourth-order valence-electron chi connectivity index (χ4n) is 1.04. The first-order valence-corrected chi connectivity index (χ1v) is 4.98. The summed E-state index contributed by atoms with van der Waals surface area (Å²) in [5, 5.41) is 8.48. The van der Waals surface area contributed by atoms with Gasteiger partial charge in [0.05, 0.1) is 0 Å². The van der Waals surface area contributed by atoms with Gasteiger partial charge in [0.15, 0.2) is 6.79 Å². The normalized spacial score (nSPS) is 10.7.